The summed E-state index contributed by atoms with van der Waals surface area (Å²) in [5, 5.41) is 3.99. The molecule has 0 bridgehead atoms. The van der Waals surface area contributed by atoms with Crippen molar-refractivity contribution in [1.82, 2.24) is 14.4 Å². The third-order valence-corrected chi connectivity index (χ3v) is 6.92. The van der Waals surface area contributed by atoms with Gasteiger partial charge >= 0.3 is 0 Å². The summed E-state index contributed by atoms with van der Waals surface area (Å²) in [7, 11) is -3.57. The minimum absolute atomic E-state index is 0.0799. The minimum atomic E-state index is -3.57. The van der Waals surface area contributed by atoms with Gasteiger partial charge in [-0.2, -0.15) is 4.31 Å². The van der Waals surface area contributed by atoms with E-state index in [2.05, 4.69) is 10.1 Å². The van der Waals surface area contributed by atoms with E-state index in [4.69, 9.17) is 4.52 Å². The molecular formula is C19H25N3O4S. The summed E-state index contributed by atoms with van der Waals surface area (Å²) in [4.78, 5) is 13.9. The van der Waals surface area contributed by atoms with Crippen LogP contribution in [0, 0.1) is 13.8 Å². The van der Waals surface area contributed by atoms with Crippen LogP contribution in [0.1, 0.15) is 40.7 Å². The normalized spacial score (nSPS) is 17.0. The van der Waals surface area contributed by atoms with Crippen LogP contribution in [0.4, 0.5) is 0 Å². The van der Waals surface area contributed by atoms with E-state index < -0.39 is 10.0 Å². The summed E-state index contributed by atoms with van der Waals surface area (Å²) < 4.78 is 32.7. The number of hydrogen-bond donors (Lipinski definition) is 0. The second kappa shape index (κ2) is 7.92. The summed E-state index contributed by atoms with van der Waals surface area (Å²) in [5.74, 6) is 0.732. The molecule has 0 aliphatic carbocycles. The number of carbonyl (C=O) groups is 1. The van der Waals surface area contributed by atoms with Gasteiger partial charge < -0.3 is 4.52 Å². The standard InChI is InChI=1S/C19H25N3O4S/c1-14-19(16(3)26-20-14)13-21-9-4-10-22(12-11-21)27(24,25)18-7-5-17(6-8-18)15(2)23/h5-8H,4,9-13H2,1-3H3. The SMILES string of the molecule is CC(=O)c1ccc(S(=O)(=O)N2CCCN(Cc3c(C)noc3C)CC2)cc1. The van der Waals surface area contributed by atoms with Crippen molar-refractivity contribution in [2.45, 2.75) is 38.6 Å². The molecule has 0 N–H and O–H groups in total. The van der Waals surface area contributed by atoms with E-state index >= 15 is 0 Å². The predicted molar refractivity (Wildman–Crippen MR) is 101 cm³/mol. The van der Waals surface area contributed by atoms with E-state index in [1.807, 2.05) is 13.8 Å². The Morgan fingerprint density at radius 2 is 1.81 bits per heavy atom. The number of ketones is 1. The second-order valence-electron chi connectivity index (χ2n) is 6.92. The molecule has 1 aromatic heterocycles. The molecule has 146 valence electrons. The van der Waals surface area contributed by atoms with E-state index in [0.29, 0.717) is 31.7 Å². The van der Waals surface area contributed by atoms with Crippen molar-refractivity contribution in [3.05, 3.63) is 46.8 Å². The van der Waals surface area contributed by atoms with Gasteiger partial charge in [-0.3, -0.25) is 9.69 Å². The molecule has 7 nitrogen and oxygen atoms in total. The molecule has 1 aromatic carbocycles. The third-order valence-electron chi connectivity index (χ3n) is 5.01. The molecule has 1 saturated heterocycles. The molecular weight excluding hydrogens is 366 g/mol. The van der Waals surface area contributed by atoms with Crippen LogP contribution >= 0.6 is 0 Å². The number of aryl methyl sites for hydroxylation is 2. The average molecular weight is 391 g/mol. The first kappa shape index (κ1) is 19.7. The van der Waals surface area contributed by atoms with Crippen LogP contribution in [0.2, 0.25) is 0 Å². The maximum Gasteiger partial charge on any atom is 0.243 e. The Morgan fingerprint density at radius 1 is 1.11 bits per heavy atom. The molecule has 2 heterocycles. The number of carbonyl (C=O) groups excluding carboxylic acids is 1. The Hall–Kier alpha value is -2.03. The highest BCUT2D eigenvalue weighted by Gasteiger charge is 2.27. The smallest absolute Gasteiger partial charge is 0.243 e. The lowest BCUT2D eigenvalue weighted by atomic mass is 10.2. The van der Waals surface area contributed by atoms with Gasteiger partial charge in [0, 0.05) is 37.3 Å². The van der Waals surface area contributed by atoms with Crippen molar-refractivity contribution in [2.24, 2.45) is 0 Å². The molecule has 1 aliphatic rings. The number of rotatable bonds is 5. The lowest BCUT2D eigenvalue weighted by molar-refractivity contribution is 0.101. The first-order chi connectivity index (χ1) is 12.8. The van der Waals surface area contributed by atoms with Crippen LogP contribution < -0.4 is 0 Å². The Labute approximate surface area is 160 Å². The quantitative estimate of drug-likeness (QED) is 0.728. The summed E-state index contributed by atoms with van der Waals surface area (Å²) >= 11 is 0. The van der Waals surface area contributed by atoms with E-state index in [0.717, 1.165) is 30.0 Å². The van der Waals surface area contributed by atoms with E-state index in [-0.39, 0.29) is 10.7 Å². The zero-order valence-electron chi connectivity index (χ0n) is 15.9. The molecule has 0 atom stereocenters. The van der Waals surface area contributed by atoms with Gasteiger partial charge in [0.2, 0.25) is 10.0 Å². The van der Waals surface area contributed by atoms with E-state index in [9.17, 15) is 13.2 Å². The topological polar surface area (TPSA) is 83.7 Å². The summed E-state index contributed by atoms with van der Waals surface area (Å²) in [6, 6.07) is 6.16. The van der Waals surface area contributed by atoms with Crippen LogP contribution in [0.3, 0.4) is 0 Å². The number of hydrogen-bond acceptors (Lipinski definition) is 6. The van der Waals surface area contributed by atoms with Gasteiger partial charge in [0.1, 0.15) is 5.76 Å². The molecule has 0 radical (unpaired) electrons. The molecule has 0 spiro atoms. The number of sulfonamides is 1. The third kappa shape index (κ3) is 4.28. The first-order valence-corrected chi connectivity index (χ1v) is 10.5. The fraction of sp³-hybridized carbons (Fsp3) is 0.474. The zero-order valence-corrected chi connectivity index (χ0v) is 16.8. The van der Waals surface area contributed by atoms with Gasteiger partial charge in [-0.15, -0.1) is 0 Å². The molecule has 8 heteroatoms. The van der Waals surface area contributed by atoms with Crippen molar-refractivity contribution >= 4 is 15.8 Å². The van der Waals surface area contributed by atoms with Gasteiger partial charge in [-0.25, -0.2) is 8.42 Å². The fourth-order valence-electron chi connectivity index (χ4n) is 3.31. The average Bonchev–Trinajstić information content (AvgIpc) is 2.84. The first-order valence-electron chi connectivity index (χ1n) is 9.04. The fourth-order valence-corrected chi connectivity index (χ4v) is 4.78. The van der Waals surface area contributed by atoms with Crippen molar-refractivity contribution in [3.63, 3.8) is 0 Å². The molecule has 3 rings (SSSR count). The maximum absolute atomic E-state index is 13.0. The van der Waals surface area contributed by atoms with Crippen LogP contribution in [-0.2, 0) is 16.6 Å². The van der Waals surface area contributed by atoms with Gasteiger partial charge in [0.05, 0.1) is 10.6 Å². The van der Waals surface area contributed by atoms with Crippen molar-refractivity contribution in [1.29, 1.82) is 0 Å². The predicted octanol–water partition coefficient (Wildman–Crippen LogP) is 2.39. The van der Waals surface area contributed by atoms with Crippen LogP contribution in [0.25, 0.3) is 0 Å². The van der Waals surface area contributed by atoms with Crippen molar-refractivity contribution in [2.75, 3.05) is 26.2 Å². The van der Waals surface area contributed by atoms with Crippen LogP contribution in [0.5, 0.6) is 0 Å². The molecule has 1 fully saturated rings. The zero-order chi connectivity index (χ0) is 19.6. The Balaban J connectivity index is 1.70. The highest BCUT2D eigenvalue weighted by Crippen LogP contribution is 2.20. The van der Waals surface area contributed by atoms with Crippen LogP contribution in [0.15, 0.2) is 33.7 Å². The summed E-state index contributed by atoms with van der Waals surface area (Å²) in [6.45, 7) is 8.37. The number of benzene rings is 1. The summed E-state index contributed by atoms with van der Waals surface area (Å²) in [5.41, 5.74) is 2.47. The maximum atomic E-state index is 13.0. The van der Waals surface area contributed by atoms with Gasteiger partial charge in [-0.1, -0.05) is 17.3 Å². The minimum Gasteiger partial charge on any atom is -0.361 e. The van der Waals surface area contributed by atoms with Crippen molar-refractivity contribution < 1.29 is 17.7 Å². The number of aromatic nitrogens is 1. The summed E-state index contributed by atoms with van der Waals surface area (Å²) in [6.07, 6.45) is 0.758. The highest BCUT2D eigenvalue weighted by atomic mass is 32.2. The van der Waals surface area contributed by atoms with E-state index in [1.165, 1.54) is 23.4 Å². The molecule has 0 amide bonds. The number of Topliss-reactive ketones (excluding diaryl/α,β-unsaturated/α-hetero) is 1. The molecule has 27 heavy (non-hydrogen) atoms. The molecule has 0 unspecified atom stereocenters. The van der Waals surface area contributed by atoms with Gasteiger partial charge in [0.15, 0.2) is 5.78 Å². The number of nitrogens with zero attached hydrogens (tertiary/aromatic N) is 3. The van der Waals surface area contributed by atoms with Crippen LogP contribution in [-0.4, -0.2) is 54.7 Å². The molecule has 2 aromatic rings. The van der Waals surface area contributed by atoms with E-state index in [1.54, 1.807) is 12.1 Å². The lowest BCUT2D eigenvalue weighted by Crippen LogP contribution is -2.35. The van der Waals surface area contributed by atoms with Crippen molar-refractivity contribution in [3.8, 4) is 0 Å². The Kier molecular flexibility index (Phi) is 5.78. The Bertz CT molecular complexity index is 899. The highest BCUT2D eigenvalue weighted by molar-refractivity contribution is 7.89. The van der Waals surface area contributed by atoms with Gasteiger partial charge in [-0.05, 0) is 45.9 Å². The largest absolute Gasteiger partial charge is 0.361 e. The Morgan fingerprint density at radius 3 is 2.41 bits per heavy atom. The second-order valence-corrected chi connectivity index (χ2v) is 8.86. The monoisotopic (exact) mass is 391 g/mol. The molecule has 1 aliphatic heterocycles. The van der Waals surface area contributed by atoms with Gasteiger partial charge in [0.25, 0.3) is 0 Å². The lowest BCUT2D eigenvalue weighted by Gasteiger charge is -2.21. The molecule has 0 saturated carbocycles.